The lowest BCUT2D eigenvalue weighted by molar-refractivity contribution is -0.141. The van der Waals surface area contributed by atoms with Crippen molar-refractivity contribution in [3.05, 3.63) is 24.2 Å². The summed E-state index contributed by atoms with van der Waals surface area (Å²) >= 11 is 0. The number of fused-ring (bicyclic) bond motifs is 1. The van der Waals surface area contributed by atoms with E-state index in [0.717, 1.165) is 10.6 Å². The van der Waals surface area contributed by atoms with E-state index >= 15 is 0 Å². The number of rotatable bonds is 2. The molecule has 9 heteroatoms. The Bertz CT molecular complexity index is 696. The standard InChI is InChI=1S/C12H12F3N5O/c1-19-4-2-7(11(19)21)17-10-8-6-9(12(13,14)15)18-20(8)5-3-16-10/h3,5-7H,2,4H2,1H3,(H,16,17). The van der Waals surface area contributed by atoms with Crippen LogP contribution in [-0.4, -0.2) is 45.0 Å². The van der Waals surface area contributed by atoms with Gasteiger partial charge in [-0.1, -0.05) is 0 Å². The van der Waals surface area contributed by atoms with Crippen LogP contribution < -0.4 is 5.32 Å². The van der Waals surface area contributed by atoms with E-state index in [0.29, 0.717) is 13.0 Å². The number of likely N-dealkylation sites (N-methyl/N-ethyl adjacent to an activating group) is 1. The lowest BCUT2D eigenvalue weighted by atomic mass is 10.2. The average Bonchev–Trinajstić information content (AvgIpc) is 2.98. The van der Waals surface area contributed by atoms with Gasteiger partial charge in [0.2, 0.25) is 5.91 Å². The predicted octanol–water partition coefficient (Wildman–Crippen LogP) is 1.39. The summed E-state index contributed by atoms with van der Waals surface area (Å²) in [6.07, 6.45) is -1.27. The van der Waals surface area contributed by atoms with Crippen LogP contribution >= 0.6 is 0 Å². The molecule has 0 radical (unpaired) electrons. The number of nitrogens with zero attached hydrogens (tertiary/aromatic N) is 4. The maximum absolute atomic E-state index is 12.7. The molecule has 0 aromatic carbocycles. The van der Waals surface area contributed by atoms with Gasteiger partial charge < -0.3 is 10.2 Å². The molecule has 0 aliphatic carbocycles. The summed E-state index contributed by atoms with van der Waals surface area (Å²) in [5.41, 5.74) is -0.805. The van der Waals surface area contributed by atoms with Gasteiger partial charge in [0, 0.05) is 32.1 Å². The molecule has 1 aliphatic heterocycles. The third-order valence-electron chi connectivity index (χ3n) is 3.42. The minimum atomic E-state index is -4.52. The molecule has 112 valence electrons. The van der Waals surface area contributed by atoms with Gasteiger partial charge in [-0.2, -0.15) is 18.3 Å². The molecule has 1 amide bonds. The molecule has 2 aromatic heterocycles. The van der Waals surface area contributed by atoms with Gasteiger partial charge >= 0.3 is 6.18 Å². The fourth-order valence-electron chi connectivity index (χ4n) is 2.29. The highest BCUT2D eigenvalue weighted by atomic mass is 19.4. The molecule has 1 N–H and O–H groups in total. The van der Waals surface area contributed by atoms with Crippen LogP contribution in [0, 0.1) is 0 Å². The molecule has 1 atom stereocenters. The molecule has 0 saturated carbocycles. The van der Waals surface area contributed by atoms with Gasteiger partial charge in [-0.05, 0) is 6.42 Å². The van der Waals surface area contributed by atoms with E-state index in [2.05, 4.69) is 15.4 Å². The van der Waals surface area contributed by atoms with Gasteiger partial charge in [-0.15, -0.1) is 0 Å². The molecule has 2 aromatic rings. The number of hydrogen-bond donors (Lipinski definition) is 1. The van der Waals surface area contributed by atoms with E-state index in [9.17, 15) is 18.0 Å². The lowest BCUT2D eigenvalue weighted by Gasteiger charge is -2.13. The number of anilines is 1. The van der Waals surface area contributed by atoms with Crippen LogP contribution in [0.1, 0.15) is 12.1 Å². The van der Waals surface area contributed by atoms with Crippen molar-refractivity contribution in [2.75, 3.05) is 18.9 Å². The first kappa shape index (κ1) is 13.7. The van der Waals surface area contributed by atoms with Crippen molar-refractivity contribution >= 4 is 17.2 Å². The zero-order chi connectivity index (χ0) is 15.2. The highest BCUT2D eigenvalue weighted by Crippen LogP contribution is 2.30. The summed E-state index contributed by atoms with van der Waals surface area (Å²) in [5.74, 6) is 0.114. The van der Waals surface area contributed by atoms with Gasteiger partial charge in [0.15, 0.2) is 11.5 Å². The quantitative estimate of drug-likeness (QED) is 0.910. The first-order valence-corrected chi connectivity index (χ1v) is 6.29. The predicted molar refractivity (Wildman–Crippen MR) is 67.7 cm³/mol. The molecule has 21 heavy (non-hydrogen) atoms. The van der Waals surface area contributed by atoms with Crippen LogP contribution in [-0.2, 0) is 11.0 Å². The van der Waals surface area contributed by atoms with Crippen LogP contribution in [0.4, 0.5) is 19.0 Å². The zero-order valence-corrected chi connectivity index (χ0v) is 11.1. The normalized spacial score (nSPS) is 19.5. The second-order valence-electron chi connectivity index (χ2n) is 4.88. The summed E-state index contributed by atoms with van der Waals surface area (Å²) in [6, 6.07) is 0.441. The van der Waals surface area contributed by atoms with Crippen LogP contribution in [0.15, 0.2) is 18.5 Å². The number of halogens is 3. The van der Waals surface area contributed by atoms with Gasteiger partial charge in [0.05, 0.1) is 0 Å². The van der Waals surface area contributed by atoms with Crippen LogP contribution in [0.3, 0.4) is 0 Å². The van der Waals surface area contributed by atoms with Gasteiger partial charge in [-0.25, -0.2) is 9.50 Å². The molecule has 1 fully saturated rings. The Kier molecular flexibility index (Phi) is 2.99. The minimum Gasteiger partial charge on any atom is -0.357 e. The maximum atomic E-state index is 12.7. The van der Waals surface area contributed by atoms with Crippen molar-refractivity contribution in [2.24, 2.45) is 0 Å². The van der Waals surface area contributed by atoms with E-state index in [4.69, 9.17) is 0 Å². The number of hydrogen-bond acceptors (Lipinski definition) is 4. The molecular weight excluding hydrogens is 287 g/mol. The summed E-state index contributed by atoms with van der Waals surface area (Å²) < 4.78 is 39.2. The first-order chi connectivity index (χ1) is 9.86. The smallest absolute Gasteiger partial charge is 0.357 e. The molecule has 6 nitrogen and oxygen atoms in total. The average molecular weight is 299 g/mol. The molecule has 3 rings (SSSR count). The Labute approximate surface area is 117 Å². The molecule has 1 saturated heterocycles. The Morgan fingerprint density at radius 1 is 1.43 bits per heavy atom. The summed E-state index contributed by atoms with van der Waals surface area (Å²) in [4.78, 5) is 17.4. The van der Waals surface area contributed by atoms with Gasteiger partial charge in [0.1, 0.15) is 11.6 Å². The summed E-state index contributed by atoms with van der Waals surface area (Å²) in [6.45, 7) is 0.604. The minimum absolute atomic E-state index is 0.102. The lowest BCUT2D eigenvalue weighted by Crippen LogP contribution is -2.31. The Morgan fingerprint density at radius 2 is 2.19 bits per heavy atom. The Morgan fingerprint density at radius 3 is 2.81 bits per heavy atom. The molecule has 0 bridgehead atoms. The van der Waals surface area contributed by atoms with E-state index < -0.39 is 17.9 Å². The number of carbonyl (C=O) groups excluding carboxylic acids is 1. The van der Waals surface area contributed by atoms with Crippen molar-refractivity contribution in [3.8, 4) is 0 Å². The van der Waals surface area contributed by atoms with Crippen LogP contribution in [0.2, 0.25) is 0 Å². The molecular formula is C12H12F3N5O. The fourth-order valence-corrected chi connectivity index (χ4v) is 2.29. The van der Waals surface area contributed by atoms with Crippen molar-refractivity contribution in [3.63, 3.8) is 0 Å². The molecule has 1 aliphatic rings. The number of nitrogens with one attached hydrogen (secondary N) is 1. The maximum Gasteiger partial charge on any atom is 0.435 e. The molecule has 1 unspecified atom stereocenters. The SMILES string of the molecule is CN1CCC(Nc2nccn3nc(C(F)(F)F)cc23)C1=O. The van der Waals surface area contributed by atoms with Crippen molar-refractivity contribution in [1.29, 1.82) is 0 Å². The number of aromatic nitrogens is 3. The van der Waals surface area contributed by atoms with Gasteiger partial charge in [0.25, 0.3) is 0 Å². The largest absolute Gasteiger partial charge is 0.435 e. The first-order valence-electron chi connectivity index (χ1n) is 6.29. The zero-order valence-electron chi connectivity index (χ0n) is 11.1. The van der Waals surface area contributed by atoms with Crippen LogP contribution in [0.25, 0.3) is 5.52 Å². The third kappa shape index (κ3) is 2.39. The second-order valence-corrected chi connectivity index (χ2v) is 4.88. The van der Waals surface area contributed by atoms with Crippen LogP contribution in [0.5, 0.6) is 0 Å². The number of amides is 1. The van der Waals surface area contributed by atoms with Crippen molar-refractivity contribution in [1.82, 2.24) is 19.5 Å². The fraction of sp³-hybridized carbons (Fsp3) is 0.417. The van der Waals surface area contributed by atoms with E-state index in [1.54, 1.807) is 11.9 Å². The monoisotopic (exact) mass is 299 g/mol. The van der Waals surface area contributed by atoms with E-state index in [1.165, 1.54) is 12.4 Å². The Hall–Kier alpha value is -2.32. The second kappa shape index (κ2) is 4.61. The number of likely N-dealkylation sites (tertiary alicyclic amines) is 1. The number of carbonyl (C=O) groups is 1. The highest BCUT2D eigenvalue weighted by Gasteiger charge is 2.35. The molecule has 0 spiro atoms. The Balaban J connectivity index is 1.96. The highest BCUT2D eigenvalue weighted by molar-refractivity contribution is 5.87. The van der Waals surface area contributed by atoms with Crippen molar-refractivity contribution < 1.29 is 18.0 Å². The van der Waals surface area contributed by atoms with Crippen molar-refractivity contribution in [2.45, 2.75) is 18.6 Å². The molecule has 3 heterocycles. The summed E-state index contributed by atoms with van der Waals surface area (Å²) in [7, 11) is 1.68. The third-order valence-corrected chi connectivity index (χ3v) is 3.42. The topological polar surface area (TPSA) is 62.5 Å². The summed E-state index contributed by atoms with van der Waals surface area (Å²) in [5, 5.41) is 6.37. The number of alkyl halides is 3. The van der Waals surface area contributed by atoms with E-state index in [1.807, 2.05) is 0 Å². The van der Waals surface area contributed by atoms with Gasteiger partial charge in [-0.3, -0.25) is 4.79 Å². The van der Waals surface area contributed by atoms with E-state index in [-0.39, 0.29) is 17.2 Å².